The molecule has 0 spiro atoms. The zero-order chi connectivity index (χ0) is 22.1. The predicted octanol–water partition coefficient (Wildman–Crippen LogP) is 3.50. The number of aromatic nitrogens is 3. The number of aryl methyl sites for hydroxylation is 1. The predicted molar refractivity (Wildman–Crippen MR) is 123 cm³/mol. The third-order valence-electron chi connectivity index (χ3n) is 6.55. The second-order valence-electron chi connectivity index (χ2n) is 8.90. The average Bonchev–Trinajstić information content (AvgIpc) is 3.59. The van der Waals surface area contributed by atoms with Crippen molar-refractivity contribution in [1.82, 2.24) is 25.0 Å². The standard InChI is InChI=1S/C25H29N5O2/c1-2-30-23-21(15-27-30)20(13-22(28-23)18-7-4-3-5-8-18)25(32)29-12-6-9-19(16-29)24(31)26-14-17-10-11-17/h3-5,7-8,13,15,17,19H,2,6,9-12,14,16H2,1H3,(H,26,31). The molecule has 3 aromatic rings. The van der Waals surface area contributed by atoms with E-state index < -0.39 is 0 Å². The highest BCUT2D eigenvalue weighted by Crippen LogP contribution is 2.29. The molecule has 1 saturated carbocycles. The minimum atomic E-state index is -0.143. The van der Waals surface area contributed by atoms with Crippen molar-refractivity contribution in [3.63, 3.8) is 0 Å². The summed E-state index contributed by atoms with van der Waals surface area (Å²) in [5.74, 6) is 0.538. The molecular formula is C25H29N5O2. The van der Waals surface area contributed by atoms with Crippen LogP contribution in [0.2, 0.25) is 0 Å². The zero-order valence-corrected chi connectivity index (χ0v) is 18.5. The largest absolute Gasteiger partial charge is 0.356 e. The molecule has 2 fully saturated rings. The van der Waals surface area contributed by atoms with Crippen LogP contribution < -0.4 is 5.32 Å². The van der Waals surface area contributed by atoms with Gasteiger partial charge in [0.1, 0.15) is 0 Å². The number of carbonyl (C=O) groups is 2. The monoisotopic (exact) mass is 431 g/mol. The number of rotatable bonds is 6. The number of benzene rings is 1. The minimum absolute atomic E-state index is 0.0510. The molecule has 7 heteroatoms. The maximum Gasteiger partial charge on any atom is 0.254 e. The number of fused-ring (bicyclic) bond motifs is 1. The first kappa shape index (κ1) is 20.7. The van der Waals surface area contributed by atoms with E-state index in [4.69, 9.17) is 4.98 Å². The second kappa shape index (κ2) is 8.73. The number of pyridine rings is 1. The molecule has 2 amide bonds. The lowest BCUT2D eigenvalue weighted by Gasteiger charge is -2.32. The Morgan fingerprint density at radius 2 is 1.97 bits per heavy atom. The summed E-state index contributed by atoms with van der Waals surface area (Å²) in [6.45, 7) is 4.58. The fraction of sp³-hybridized carbons (Fsp3) is 0.440. The van der Waals surface area contributed by atoms with Crippen LogP contribution in [0.15, 0.2) is 42.6 Å². The number of hydrogen-bond acceptors (Lipinski definition) is 4. The number of hydrogen-bond donors (Lipinski definition) is 1. The van der Waals surface area contributed by atoms with Crippen molar-refractivity contribution in [2.75, 3.05) is 19.6 Å². The van der Waals surface area contributed by atoms with Gasteiger partial charge in [0.15, 0.2) is 5.65 Å². The molecule has 1 atom stereocenters. The number of nitrogens with zero attached hydrogens (tertiary/aromatic N) is 4. The van der Waals surface area contributed by atoms with Crippen LogP contribution in [0.5, 0.6) is 0 Å². The smallest absolute Gasteiger partial charge is 0.254 e. The average molecular weight is 432 g/mol. The first-order valence-corrected chi connectivity index (χ1v) is 11.6. The maximum absolute atomic E-state index is 13.7. The molecule has 2 aliphatic rings. The lowest BCUT2D eigenvalue weighted by molar-refractivity contribution is -0.126. The van der Waals surface area contributed by atoms with Gasteiger partial charge in [-0.2, -0.15) is 5.10 Å². The van der Waals surface area contributed by atoms with Gasteiger partial charge in [0.2, 0.25) is 5.91 Å². The van der Waals surface area contributed by atoms with Crippen molar-refractivity contribution >= 4 is 22.8 Å². The van der Waals surface area contributed by atoms with Crippen LogP contribution in [0.1, 0.15) is 43.0 Å². The summed E-state index contributed by atoms with van der Waals surface area (Å²) in [5, 5.41) is 8.29. The molecule has 32 heavy (non-hydrogen) atoms. The molecule has 1 aliphatic carbocycles. The summed E-state index contributed by atoms with van der Waals surface area (Å²) in [6.07, 6.45) is 5.82. The number of carbonyl (C=O) groups excluding carboxylic acids is 2. The van der Waals surface area contributed by atoms with Crippen LogP contribution in [0.4, 0.5) is 0 Å². The van der Waals surface area contributed by atoms with Gasteiger partial charge >= 0.3 is 0 Å². The number of nitrogens with one attached hydrogen (secondary N) is 1. The van der Waals surface area contributed by atoms with Crippen LogP contribution >= 0.6 is 0 Å². The Bertz CT molecular complexity index is 1140. The van der Waals surface area contributed by atoms with Crippen molar-refractivity contribution in [1.29, 1.82) is 0 Å². The molecule has 166 valence electrons. The van der Waals surface area contributed by atoms with Crippen molar-refractivity contribution in [2.45, 2.75) is 39.2 Å². The molecule has 0 radical (unpaired) electrons. The molecule has 1 N–H and O–H groups in total. The van der Waals surface area contributed by atoms with Crippen molar-refractivity contribution in [3.05, 3.63) is 48.2 Å². The highest BCUT2D eigenvalue weighted by Gasteiger charge is 2.31. The van der Waals surface area contributed by atoms with Crippen molar-refractivity contribution < 1.29 is 9.59 Å². The number of piperidine rings is 1. The highest BCUT2D eigenvalue weighted by atomic mass is 16.2. The maximum atomic E-state index is 13.7. The third kappa shape index (κ3) is 4.11. The van der Waals surface area contributed by atoms with E-state index >= 15 is 0 Å². The van der Waals surface area contributed by atoms with Crippen LogP contribution in [-0.4, -0.2) is 51.1 Å². The van der Waals surface area contributed by atoms with Gasteiger partial charge in [-0.1, -0.05) is 30.3 Å². The SMILES string of the molecule is CCn1ncc2c(C(=O)N3CCCC(C(=O)NCC4CC4)C3)cc(-c3ccccc3)nc21. The molecule has 5 rings (SSSR count). The Kier molecular flexibility index (Phi) is 5.64. The summed E-state index contributed by atoms with van der Waals surface area (Å²) in [6, 6.07) is 11.8. The Morgan fingerprint density at radius 1 is 1.16 bits per heavy atom. The lowest BCUT2D eigenvalue weighted by Crippen LogP contribution is -2.45. The van der Waals surface area contributed by atoms with Gasteiger partial charge in [-0.25, -0.2) is 9.67 Å². The first-order chi connectivity index (χ1) is 15.6. The third-order valence-corrected chi connectivity index (χ3v) is 6.55. The number of amides is 2. The van der Waals surface area contributed by atoms with Gasteiger partial charge in [-0.05, 0) is 44.6 Å². The molecule has 1 aromatic carbocycles. The van der Waals surface area contributed by atoms with Crippen LogP contribution in [0.3, 0.4) is 0 Å². The topological polar surface area (TPSA) is 80.1 Å². The van der Waals surface area contributed by atoms with Gasteiger partial charge in [-0.3, -0.25) is 9.59 Å². The Balaban J connectivity index is 1.44. The summed E-state index contributed by atoms with van der Waals surface area (Å²) in [5.41, 5.74) is 3.04. The molecule has 1 aliphatic heterocycles. The Labute approximate surface area is 187 Å². The van der Waals surface area contributed by atoms with E-state index in [1.54, 1.807) is 6.20 Å². The molecular weight excluding hydrogens is 402 g/mol. The van der Waals surface area contributed by atoms with E-state index in [9.17, 15) is 9.59 Å². The van der Waals surface area contributed by atoms with Crippen LogP contribution in [-0.2, 0) is 11.3 Å². The van der Waals surface area contributed by atoms with E-state index in [1.165, 1.54) is 12.8 Å². The van der Waals surface area contributed by atoms with Gasteiger partial charge in [0.25, 0.3) is 5.91 Å². The zero-order valence-electron chi connectivity index (χ0n) is 18.5. The van der Waals surface area contributed by atoms with Gasteiger partial charge in [0, 0.05) is 31.7 Å². The molecule has 0 bridgehead atoms. The van der Waals surface area contributed by atoms with Gasteiger partial charge in [0.05, 0.1) is 28.8 Å². The van der Waals surface area contributed by atoms with E-state index in [2.05, 4.69) is 10.4 Å². The van der Waals surface area contributed by atoms with E-state index in [1.807, 2.05) is 52.9 Å². The molecule has 1 saturated heterocycles. The normalized spacial score (nSPS) is 18.7. The van der Waals surface area contributed by atoms with Crippen molar-refractivity contribution in [2.24, 2.45) is 11.8 Å². The molecule has 1 unspecified atom stereocenters. The van der Waals surface area contributed by atoms with E-state index in [0.29, 0.717) is 36.8 Å². The Hall–Kier alpha value is -3.22. The van der Waals surface area contributed by atoms with Crippen molar-refractivity contribution in [3.8, 4) is 11.3 Å². The quantitative estimate of drug-likeness (QED) is 0.648. The summed E-state index contributed by atoms with van der Waals surface area (Å²) in [4.78, 5) is 33.0. The minimum Gasteiger partial charge on any atom is -0.356 e. The highest BCUT2D eigenvalue weighted by molar-refractivity contribution is 6.06. The fourth-order valence-electron chi connectivity index (χ4n) is 4.47. The Morgan fingerprint density at radius 3 is 2.72 bits per heavy atom. The summed E-state index contributed by atoms with van der Waals surface area (Å²) >= 11 is 0. The molecule has 2 aromatic heterocycles. The first-order valence-electron chi connectivity index (χ1n) is 11.6. The van der Waals surface area contributed by atoms with E-state index in [-0.39, 0.29) is 17.7 Å². The second-order valence-corrected chi connectivity index (χ2v) is 8.90. The van der Waals surface area contributed by atoms with E-state index in [0.717, 1.165) is 36.0 Å². The summed E-state index contributed by atoms with van der Waals surface area (Å²) < 4.78 is 1.82. The number of likely N-dealkylation sites (tertiary alicyclic amines) is 1. The van der Waals surface area contributed by atoms with Gasteiger partial charge in [-0.15, -0.1) is 0 Å². The molecule has 7 nitrogen and oxygen atoms in total. The fourth-order valence-corrected chi connectivity index (χ4v) is 4.47. The lowest BCUT2D eigenvalue weighted by atomic mass is 9.96. The molecule has 3 heterocycles. The van der Waals surface area contributed by atoms with Crippen LogP contribution in [0.25, 0.3) is 22.3 Å². The summed E-state index contributed by atoms with van der Waals surface area (Å²) in [7, 11) is 0. The van der Waals surface area contributed by atoms with Gasteiger partial charge < -0.3 is 10.2 Å². The van der Waals surface area contributed by atoms with Crippen LogP contribution in [0, 0.1) is 11.8 Å².